The molecule has 1 aromatic heterocycles. The van der Waals surface area contributed by atoms with Gasteiger partial charge in [0.15, 0.2) is 0 Å². The van der Waals surface area contributed by atoms with Gasteiger partial charge in [-0.25, -0.2) is 0 Å². The SMILES string of the molecule is CCOC1(c2noc(C(O)CN)n2)CCC(C)CC1. The molecule has 0 aromatic carbocycles. The van der Waals surface area contributed by atoms with Gasteiger partial charge in [0.05, 0.1) is 0 Å². The minimum Gasteiger partial charge on any atom is -0.382 e. The van der Waals surface area contributed by atoms with Crippen molar-refractivity contribution in [3.05, 3.63) is 11.7 Å². The molecule has 6 nitrogen and oxygen atoms in total. The predicted octanol–water partition coefficient (Wildman–Crippen LogP) is 1.50. The van der Waals surface area contributed by atoms with Crippen molar-refractivity contribution < 1.29 is 14.4 Å². The van der Waals surface area contributed by atoms with Crippen LogP contribution in [0.2, 0.25) is 0 Å². The smallest absolute Gasteiger partial charge is 0.256 e. The summed E-state index contributed by atoms with van der Waals surface area (Å²) >= 11 is 0. The lowest BCUT2D eigenvalue weighted by Crippen LogP contribution is -2.35. The van der Waals surface area contributed by atoms with E-state index in [4.69, 9.17) is 15.0 Å². The predicted molar refractivity (Wildman–Crippen MR) is 69.2 cm³/mol. The lowest BCUT2D eigenvalue weighted by molar-refractivity contribution is -0.0847. The van der Waals surface area contributed by atoms with Crippen molar-refractivity contribution in [3.63, 3.8) is 0 Å². The van der Waals surface area contributed by atoms with Gasteiger partial charge in [0, 0.05) is 13.2 Å². The minimum atomic E-state index is -0.901. The molecule has 0 bridgehead atoms. The van der Waals surface area contributed by atoms with Crippen molar-refractivity contribution in [3.8, 4) is 0 Å². The minimum absolute atomic E-state index is 0.0697. The van der Waals surface area contributed by atoms with Crippen molar-refractivity contribution in [2.75, 3.05) is 13.2 Å². The molecular formula is C13H23N3O3. The number of nitrogens with zero attached hydrogens (tertiary/aromatic N) is 2. The fourth-order valence-corrected chi connectivity index (χ4v) is 2.59. The zero-order valence-corrected chi connectivity index (χ0v) is 11.6. The molecule has 1 saturated carbocycles. The van der Waals surface area contributed by atoms with Gasteiger partial charge in [0.1, 0.15) is 11.7 Å². The van der Waals surface area contributed by atoms with E-state index >= 15 is 0 Å². The Kier molecular flexibility index (Phi) is 4.54. The van der Waals surface area contributed by atoms with Gasteiger partial charge < -0.3 is 20.1 Å². The van der Waals surface area contributed by atoms with Crippen LogP contribution in [-0.4, -0.2) is 28.4 Å². The van der Waals surface area contributed by atoms with Crippen LogP contribution in [0, 0.1) is 5.92 Å². The Morgan fingerprint density at radius 2 is 2.21 bits per heavy atom. The molecule has 1 aromatic rings. The summed E-state index contributed by atoms with van der Waals surface area (Å²) in [4.78, 5) is 4.29. The van der Waals surface area contributed by atoms with Gasteiger partial charge in [0.2, 0.25) is 5.82 Å². The summed E-state index contributed by atoms with van der Waals surface area (Å²) in [6, 6.07) is 0. The van der Waals surface area contributed by atoms with E-state index in [-0.39, 0.29) is 12.4 Å². The molecule has 1 aliphatic rings. The molecule has 108 valence electrons. The highest BCUT2D eigenvalue weighted by atomic mass is 16.5. The maximum Gasteiger partial charge on any atom is 0.256 e. The highest BCUT2D eigenvalue weighted by molar-refractivity contribution is 5.05. The van der Waals surface area contributed by atoms with Gasteiger partial charge in [-0.1, -0.05) is 12.1 Å². The molecule has 0 amide bonds. The highest BCUT2D eigenvalue weighted by Gasteiger charge is 2.41. The van der Waals surface area contributed by atoms with E-state index in [2.05, 4.69) is 17.1 Å². The largest absolute Gasteiger partial charge is 0.382 e. The molecule has 3 N–H and O–H groups in total. The number of ether oxygens (including phenoxy) is 1. The van der Waals surface area contributed by atoms with Crippen molar-refractivity contribution in [2.45, 2.75) is 51.2 Å². The van der Waals surface area contributed by atoms with E-state index in [9.17, 15) is 5.11 Å². The molecule has 1 heterocycles. The second kappa shape index (κ2) is 5.98. The molecule has 6 heteroatoms. The Balaban J connectivity index is 2.21. The number of nitrogens with two attached hydrogens (primary N) is 1. The van der Waals surface area contributed by atoms with Crippen LogP contribution in [0.25, 0.3) is 0 Å². The zero-order chi connectivity index (χ0) is 13.9. The van der Waals surface area contributed by atoms with Crippen LogP contribution in [0.15, 0.2) is 4.52 Å². The third-order valence-corrected chi connectivity index (χ3v) is 3.86. The maximum absolute atomic E-state index is 9.63. The average Bonchev–Trinajstić information content (AvgIpc) is 2.91. The van der Waals surface area contributed by atoms with Crippen LogP contribution < -0.4 is 5.73 Å². The summed E-state index contributed by atoms with van der Waals surface area (Å²) in [6.45, 7) is 4.89. The standard InChI is InChI=1S/C13H23N3O3/c1-3-18-13(6-4-9(2)5-7-13)12-15-11(19-16-12)10(17)8-14/h9-10,17H,3-8,14H2,1-2H3. The van der Waals surface area contributed by atoms with E-state index in [1.807, 2.05) is 6.92 Å². The topological polar surface area (TPSA) is 94.4 Å². The summed E-state index contributed by atoms with van der Waals surface area (Å²) in [5.74, 6) is 1.42. The Morgan fingerprint density at radius 1 is 1.53 bits per heavy atom. The molecular weight excluding hydrogens is 246 g/mol. The first kappa shape index (κ1) is 14.4. The van der Waals surface area contributed by atoms with Gasteiger partial charge in [-0.3, -0.25) is 0 Å². The first-order chi connectivity index (χ1) is 9.11. The summed E-state index contributed by atoms with van der Waals surface area (Å²) in [5, 5.41) is 13.6. The van der Waals surface area contributed by atoms with Crippen LogP contribution in [0.4, 0.5) is 0 Å². The van der Waals surface area contributed by atoms with Gasteiger partial charge >= 0.3 is 0 Å². The van der Waals surface area contributed by atoms with E-state index < -0.39 is 11.7 Å². The Bertz CT molecular complexity index is 400. The third-order valence-electron chi connectivity index (χ3n) is 3.86. The van der Waals surface area contributed by atoms with Gasteiger partial charge in [-0.05, 0) is 38.5 Å². The first-order valence-electron chi connectivity index (χ1n) is 6.97. The van der Waals surface area contributed by atoms with Crippen molar-refractivity contribution in [1.29, 1.82) is 0 Å². The third kappa shape index (κ3) is 2.96. The molecule has 0 spiro atoms. The normalized spacial score (nSPS) is 29.4. The number of aliphatic hydroxyl groups is 1. The summed E-state index contributed by atoms with van der Waals surface area (Å²) in [7, 11) is 0. The van der Waals surface area contributed by atoms with E-state index in [0.29, 0.717) is 18.3 Å². The van der Waals surface area contributed by atoms with Crippen LogP contribution in [0.5, 0.6) is 0 Å². The molecule has 19 heavy (non-hydrogen) atoms. The fourth-order valence-electron chi connectivity index (χ4n) is 2.59. The number of aromatic nitrogens is 2. The summed E-state index contributed by atoms with van der Waals surface area (Å²) < 4.78 is 11.0. The fraction of sp³-hybridized carbons (Fsp3) is 0.846. The van der Waals surface area contributed by atoms with Crippen LogP contribution >= 0.6 is 0 Å². The summed E-state index contributed by atoms with van der Waals surface area (Å²) in [6.07, 6.45) is 3.05. The van der Waals surface area contributed by atoms with E-state index in [1.54, 1.807) is 0 Å². The molecule has 1 atom stereocenters. The van der Waals surface area contributed by atoms with Crippen molar-refractivity contribution >= 4 is 0 Å². The average molecular weight is 269 g/mol. The van der Waals surface area contributed by atoms with Crippen LogP contribution in [0.1, 0.15) is 57.3 Å². The molecule has 0 aliphatic heterocycles. The molecule has 1 fully saturated rings. The highest BCUT2D eigenvalue weighted by Crippen LogP contribution is 2.41. The Morgan fingerprint density at radius 3 is 2.79 bits per heavy atom. The van der Waals surface area contributed by atoms with Gasteiger partial charge in [-0.2, -0.15) is 4.98 Å². The molecule has 0 saturated heterocycles. The monoisotopic (exact) mass is 269 g/mol. The molecule has 1 aliphatic carbocycles. The second-order valence-electron chi connectivity index (χ2n) is 5.32. The van der Waals surface area contributed by atoms with Crippen LogP contribution in [0.3, 0.4) is 0 Å². The number of hydrogen-bond donors (Lipinski definition) is 2. The number of rotatable bonds is 5. The van der Waals surface area contributed by atoms with Crippen molar-refractivity contribution in [1.82, 2.24) is 10.1 Å². The lowest BCUT2D eigenvalue weighted by Gasteiger charge is -2.36. The summed E-state index contributed by atoms with van der Waals surface area (Å²) in [5.41, 5.74) is 4.93. The quantitative estimate of drug-likeness (QED) is 0.841. The number of aliphatic hydroxyl groups excluding tert-OH is 1. The first-order valence-corrected chi connectivity index (χ1v) is 6.97. The molecule has 0 radical (unpaired) electrons. The van der Waals surface area contributed by atoms with Crippen LogP contribution in [-0.2, 0) is 10.3 Å². The second-order valence-corrected chi connectivity index (χ2v) is 5.32. The van der Waals surface area contributed by atoms with Gasteiger partial charge in [0.25, 0.3) is 5.89 Å². The van der Waals surface area contributed by atoms with Gasteiger partial charge in [-0.15, -0.1) is 0 Å². The Hall–Kier alpha value is -0.980. The molecule has 2 rings (SSSR count). The van der Waals surface area contributed by atoms with E-state index in [1.165, 1.54) is 0 Å². The molecule has 1 unspecified atom stereocenters. The van der Waals surface area contributed by atoms with Crippen molar-refractivity contribution in [2.24, 2.45) is 11.7 Å². The Labute approximate surface area is 113 Å². The number of hydrogen-bond acceptors (Lipinski definition) is 6. The van der Waals surface area contributed by atoms with E-state index in [0.717, 1.165) is 25.7 Å². The maximum atomic E-state index is 9.63. The lowest BCUT2D eigenvalue weighted by atomic mass is 9.79. The zero-order valence-electron chi connectivity index (χ0n) is 11.6.